The monoisotopic (exact) mass is 538 g/mol. The molecule has 1 saturated heterocycles. The average Bonchev–Trinajstić information content (AvgIpc) is 3.14. The molecule has 1 fully saturated rings. The maximum absolute atomic E-state index is 4.81. The van der Waals surface area contributed by atoms with Gasteiger partial charge in [0.05, 0.1) is 0 Å². The van der Waals surface area contributed by atoms with Gasteiger partial charge in [0.2, 0.25) is 0 Å². The molecule has 31 heavy (non-hydrogen) atoms. The summed E-state index contributed by atoms with van der Waals surface area (Å²) in [4.78, 5) is 11.9. The van der Waals surface area contributed by atoms with Gasteiger partial charge in [0.25, 0.3) is 0 Å². The van der Waals surface area contributed by atoms with Crippen LogP contribution in [-0.4, -0.2) is 46.1 Å². The Morgan fingerprint density at radius 2 is 2.03 bits per heavy atom. The second-order valence-corrected chi connectivity index (χ2v) is 8.77. The molecule has 0 unspecified atom stereocenters. The van der Waals surface area contributed by atoms with Gasteiger partial charge in [0.1, 0.15) is 12.4 Å². The normalized spacial score (nSPS) is 15.7. The Morgan fingerprint density at radius 1 is 1.26 bits per heavy atom. The Balaban J connectivity index is 0.00000341. The topological polar surface area (TPSA) is 57.5 Å². The Kier molecular flexibility index (Phi) is 10.8. The molecule has 7 heteroatoms. The number of nitrogens with zero attached hydrogens (tertiary/aromatic N) is 4. The van der Waals surface area contributed by atoms with E-state index in [1.807, 2.05) is 6.20 Å². The van der Waals surface area contributed by atoms with E-state index >= 15 is 0 Å². The summed E-state index contributed by atoms with van der Waals surface area (Å²) in [6.45, 7) is 14.4. The van der Waals surface area contributed by atoms with Crippen molar-refractivity contribution in [3.8, 4) is 0 Å². The maximum Gasteiger partial charge on any atom is 0.191 e. The highest BCUT2D eigenvalue weighted by Gasteiger charge is 2.20. The van der Waals surface area contributed by atoms with Gasteiger partial charge >= 0.3 is 0 Å². The van der Waals surface area contributed by atoms with Gasteiger partial charge in [-0.05, 0) is 38.2 Å². The van der Waals surface area contributed by atoms with E-state index in [2.05, 4.69) is 83.2 Å². The van der Waals surface area contributed by atoms with Crippen molar-refractivity contribution in [1.29, 1.82) is 0 Å². The van der Waals surface area contributed by atoms with E-state index in [1.54, 1.807) is 0 Å². The number of rotatable bonds is 8. The quantitative estimate of drug-likeness (QED) is 0.301. The highest BCUT2D eigenvalue weighted by atomic mass is 127. The van der Waals surface area contributed by atoms with E-state index in [0.29, 0.717) is 18.5 Å². The van der Waals surface area contributed by atoms with Crippen LogP contribution in [0, 0.1) is 12.8 Å². The molecule has 1 aromatic carbocycles. The Hall–Kier alpha value is -1.61. The van der Waals surface area contributed by atoms with E-state index in [4.69, 9.17) is 4.99 Å². The van der Waals surface area contributed by atoms with Gasteiger partial charge in [0, 0.05) is 51.2 Å². The van der Waals surface area contributed by atoms with E-state index in [9.17, 15) is 0 Å². The first-order valence-corrected chi connectivity index (χ1v) is 11.4. The van der Waals surface area contributed by atoms with Crippen molar-refractivity contribution in [2.75, 3.05) is 19.6 Å². The van der Waals surface area contributed by atoms with E-state index < -0.39 is 0 Å². The lowest BCUT2D eigenvalue weighted by Crippen LogP contribution is -2.48. The molecule has 6 nitrogen and oxygen atoms in total. The van der Waals surface area contributed by atoms with Crippen LogP contribution in [-0.2, 0) is 19.6 Å². The number of likely N-dealkylation sites (tertiary alicyclic amines) is 1. The Labute approximate surface area is 204 Å². The number of aliphatic imine (C=N–C) groups is 1. The minimum Gasteiger partial charge on any atom is -0.357 e. The molecule has 1 aliphatic heterocycles. The summed E-state index contributed by atoms with van der Waals surface area (Å²) >= 11 is 0. The van der Waals surface area contributed by atoms with Crippen LogP contribution in [0.3, 0.4) is 0 Å². The van der Waals surface area contributed by atoms with Gasteiger partial charge in [-0.1, -0.05) is 43.7 Å². The molecule has 2 heterocycles. The van der Waals surface area contributed by atoms with Gasteiger partial charge in [-0.25, -0.2) is 9.98 Å². The molecular weight excluding hydrogens is 499 g/mol. The van der Waals surface area contributed by atoms with Gasteiger partial charge in [-0.3, -0.25) is 4.90 Å². The number of imidazole rings is 1. The van der Waals surface area contributed by atoms with Crippen molar-refractivity contribution in [2.24, 2.45) is 10.9 Å². The van der Waals surface area contributed by atoms with Gasteiger partial charge in [0.15, 0.2) is 5.96 Å². The fourth-order valence-corrected chi connectivity index (χ4v) is 4.02. The van der Waals surface area contributed by atoms with Crippen LogP contribution in [0.4, 0.5) is 0 Å². The molecule has 2 aromatic rings. The summed E-state index contributed by atoms with van der Waals surface area (Å²) in [7, 11) is 0. The number of hydrogen-bond acceptors (Lipinski definition) is 3. The number of aryl methyl sites for hydroxylation is 1. The predicted octanol–water partition coefficient (Wildman–Crippen LogP) is 4.19. The van der Waals surface area contributed by atoms with E-state index in [0.717, 1.165) is 57.3 Å². The predicted molar refractivity (Wildman–Crippen MR) is 140 cm³/mol. The van der Waals surface area contributed by atoms with Crippen LogP contribution in [0.25, 0.3) is 0 Å². The zero-order valence-corrected chi connectivity index (χ0v) is 21.8. The summed E-state index contributed by atoms with van der Waals surface area (Å²) in [5, 5.41) is 7.05. The summed E-state index contributed by atoms with van der Waals surface area (Å²) < 4.78 is 2.21. The molecule has 0 saturated carbocycles. The van der Waals surface area contributed by atoms with Crippen LogP contribution >= 0.6 is 24.0 Å². The first kappa shape index (κ1) is 25.6. The van der Waals surface area contributed by atoms with E-state index in [-0.39, 0.29) is 24.0 Å². The largest absolute Gasteiger partial charge is 0.357 e. The summed E-state index contributed by atoms with van der Waals surface area (Å²) in [6, 6.07) is 9.31. The standard InChI is InChI=1S/C24H38N6.HI/c1-5-25-24(27-16-23-26-11-14-30(23)17-19(2)3)28-22-9-12-29(13-10-22)18-21-8-6-7-20(4)15-21;/h6-8,11,14-15,19,22H,5,9-10,12-13,16-18H2,1-4H3,(H2,25,27,28);1H. The Morgan fingerprint density at radius 3 is 2.71 bits per heavy atom. The lowest BCUT2D eigenvalue weighted by Gasteiger charge is -2.33. The lowest BCUT2D eigenvalue weighted by atomic mass is 10.0. The van der Waals surface area contributed by atoms with Crippen LogP contribution in [0.5, 0.6) is 0 Å². The highest BCUT2D eigenvalue weighted by molar-refractivity contribution is 14.0. The summed E-state index contributed by atoms with van der Waals surface area (Å²) in [6.07, 6.45) is 6.20. The number of benzene rings is 1. The molecule has 0 bridgehead atoms. The van der Waals surface area contributed by atoms with Crippen molar-refractivity contribution < 1.29 is 0 Å². The van der Waals surface area contributed by atoms with Gasteiger partial charge < -0.3 is 15.2 Å². The fourth-order valence-electron chi connectivity index (χ4n) is 4.02. The van der Waals surface area contributed by atoms with Gasteiger partial charge in [-0.15, -0.1) is 24.0 Å². The van der Waals surface area contributed by atoms with Crippen LogP contribution in [0.1, 0.15) is 50.6 Å². The number of piperidine rings is 1. The second-order valence-electron chi connectivity index (χ2n) is 8.77. The van der Waals surface area contributed by atoms with Crippen molar-refractivity contribution in [3.63, 3.8) is 0 Å². The first-order chi connectivity index (χ1) is 14.5. The Bertz CT molecular complexity index is 808. The van der Waals surface area contributed by atoms with Crippen molar-refractivity contribution in [1.82, 2.24) is 25.1 Å². The third kappa shape index (κ3) is 8.44. The van der Waals surface area contributed by atoms with Gasteiger partial charge in [-0.2, -0.15) is 0 Å². The number of aromatic nitrogens is 2. The van der Waals surface area contributed by atoms with Crippen LogP contribution in [0.15, 0.2) is 41.7 Å². The first-order valence-electron chi connectivity index (χ1n) is 11.4. The lowest BCUT2D eigenvalue weighted by molar-refractivity contribution is 0.198. The van der Waals surface area contributed by atoms with Crippen LogP contribution < -0.4 is 10.6 Å². The second kappa shape index (κ2) is 13.1. The molecule has 0 amide bonds. The highest BCUT2D eigenvalue weighted by Crippen LogP contribution is 2.15. The van der Waals surface area contributed by atoms with E-state index in [1.165, 1.54) is 11.1 Å². The zero-order valence-electron chi connectivity index (χ0n) is 19.5. The molecule has 0 atom stereocenters. The molecule has 0 radical (unpaired) electrons. The van der Waals surface area contributed by atoms with Crippen molar-refractivity contribution >= 4 is 29.9 Å². The fraction of sp³-hybridized carbons (Fsp3) is 0.583. The summed E-state index contributed by atoms with van der Waals surface area (Å²) in [5.74, 6) is 2.51. The average molecular weight is 539 g/mol. The minimum absolute atomic E-state index is 0. The minimum atomic E-state index is 0. The maximum atomic E-state index is 4.81. The van der Waals surface area contributed by atoms with Crippen molar-refractivity contribution in [3.05, 3.63) is 53.6 Å². The molecule has 1 aromatic heterocycles. The molecule has 0 aliphatic carbocycles. The van der Waals surface area contributed by atoms with Crippen molar-refractivity contribution in [2.45, 2.75) is 66.2 Å². The molecular formula is C24H39IN6. The third-order valence-corrected chi connectivity index (χ3v) is 5.50. The summed E-state index contributed by atoms with van der Waals surface area (Å²) in [5.41, 5.74) is 2.75. The molecule has 0 spiro atoms. The zero-order chi connectivity index (χ0) is 21.3. The molecule has 2 N–H and O–H groups in total. The SMILES string of the molecule is CCNC(=NCc1nccn1CC(C)C)NC1CCN(Cc2cccc(C)c2)CC1.I. The number of halogens is 1. The smallest absolute Gasteiger partial charge is 0.191 e. The molecule has 3 rings (SSSR count). The number of hydrogen-bond donors (Lipinski definition) is 2. The molecule has 172 valence electrons. The van der Waals surface area contributed by atoms with Crippen LogP contribution in [0.2, 0.25) is 0 Å². The number of guanidine groups is 1. The number of nitrogens with one attached hydrogen (secondary N) is 2. The molecule has 1 aliphatic rings. The third-order valence-electron chi connectivity index (χ3n) is 5.50.